The number of hydrogen-bond acceptors (Lipinski definition) is 3. The van der Waals surface area contributed by atoms with Gasteiger partial charge in [0.2, 0.25) is 0 Å². The highest BCUT2D eigenvalue weighted by molar-refractivity contribution is 7.80. The molecule has 0 bridgehead atoms. The van der Waals surface area contributed by atoms with Crippen molar-refractivity contribution in [1.29, 1.82) is 0 Å². The van der Waals surface area contributed by atoms with Crippen LogP contribution in [-0.4, -0.2) is 23.2 Å². The molecular formula is C19H23O3P. The summed E-state index contributed by atoms with van der Waals surface area (Å²) in [5, 5.41) is 10.3. The summed E-state index contributed by atoms with van der Waals surface area (Å²) < 4.78 is 13.9. The number of carbonyl (C=O) groups excluding carboxylic acids is 1. The van der Waals surface area contributed by atoms with E-state index in [1.54, 1.807) is 6.92 Å². The van der Waals surface area contributed by atoms with E-state index in [0.717, 1.165) is 0 Å². The molecule has 23 heavy (non-hydrogen) atoms. The van der Waals surface area contributed by atoms with E-state index < -0.39 is 12.8 Å². The van der Waals surface area contributed by atoms with Gasteiger partial charge in [0.15, 0.2) is 7.14 Å². The fourth-order valence-electron chi connectivity index (χ4n) is 2.72. The quantitative estimate of drug-likeness (QED) is 0.598. The van der Waals surface area contributed by atoms with Gasteiger partial charge in [-0.15, -0.1) is 0 Å². The van der Waals surface area contributed by atoms with Gasteiger partial charge in [-0.1, -0.05) is 60.7 Å². The first-order valence-corrected chi connectivity index (χ1v) is 9.73. The number of carbonyl (C=O) groups is 1. The fraction of sp³-hybridized carbons (Fsp3) is 0.316. The molecule has 0 aliphatic carbocycles. The third kappa shape index (κ3) is 3.99. The molecule has 0 saturated carbocycles. The maximum absolute atomic E-state index is 13.9. The van der Waals surface area contributed by atoms with Gasteiger partial charge in [0, 0.05) is 23.6 Å². The van der Waals surface area contributed by atoms with Gasteiger partial charge in [0.25, 0.3) is 0 Å². The number of aliphatic hydroxyl groups excluding tert-OH is 1. The van der Waals surface area contributed by atoms with Crippen LogP contribution in [-0.2, 0) is 9.36 Å². The van der Waals surface area contributed by atoms with E-state index in [0.29, 0.717) is 29.9 Å². The van der Waals surface area contributed by atoms with E-state index in [9.17, 15) is 9.36 Å². The first-order chi connectivity index (χ1) is 11.1. The minimum atomic E-state index is -3.03. The number of Topliss-reactive ketones (excluding diaryl/α,β-unsaturated/α-hetero) is 1. The Morgan fingerprint density at radius 2 is 1.43 bits per heavy atom. The van der Waals surface area contributed by atoms with E-state index in [4.69, 9.17) is 5.11 Å². The van der Waals surface area contributed by atoms with Crippen LogP contribution >= 0.6 is 7.14 Å². The van der Waals surface area contributed by atoms with Crippen molar-refractivity contribution < 1.29 is 14.5 Å². The van der Waals surface area contributed by atoms with Gasteiger partial charge >= 0.3 is 0 Å². The van der Waals surface area contributed by atoms with Crippen molar-refractivity contribution in [3.63, 3.8) is 0 Å². The molecule has 4 heteroatoms. The van der Waals surface area contributed by atoms with Gasteiger partial charge < -0.3 is 9.67 Å². The van der Waals surface area contributed by atoms with Crippen LogP contribution in [0.1, 0.15) is 26.2 Å². The molecule has 2 aromatic rings. The van der Waals surface area contributed by atoms with Crippen LogP contribution in [0.15, 0.2) is 60.7 Å². The standard InChI is InChI=1S/C19H23O3P/c1-16(19(21)14-8-9-15-20)23(22,17-10-4-2-5-11-17)18-12-6-3-7-13-18/h2-7,10-13,16,20H,8-9,14-15H2,1H3. The molecule has 0 fully saturated rings. The minimum absolute atomic E-state index is 0.00510. The van der Waals surface area contributed by atoms with Crippen LogP contribution in [0.25, 0.3) is 0 Å². The molecule has 1 N–H and O–H groups in total. The van der Waals surface area contributed by atoms with E-state index in [-0.39, 0.29) is 12.4 Å². The first kappa shape index (κ1) is 17.7. The minimum Gasteiger partial charge on any atom is -0.396 e. The summed E-state index contributed by atoms with van der Waals surface area (Å²) in [5.41, 5.74) is -0.564. The summed E-state index contributed by atoms with van der Waals surface area (Å²) in [6.45, 7) is 1.85. The second-order valence-corrected chi connectivity index (χ2v) is 8.78. The molecule has 0 heterocycles. The van der Waals surface area contributed by atoms with Crippen LogP contribution in [0.2, 0.25) is 0 Å². The molecule has 0 saturated heterocycles. The number of ketones is 1. The van der Waals surface area contributed by atoms with Crippen LogP contribution in [0.4, 0.5) is 0 Å². The Morgan fingerprint density at radius 3 is 1.87 bits per heavy atom. The highest BCUT2D eigenvalue weighted by atomic mass is 31.2. The number of rotatable bonds is 8. The van der Waals surface area contributed by atoms with Crippen molar-refractivity contribution in [2.75, 3.05) is 6.61 Å². The maximum Gasteiger partial charge on any atom is 0.153 e. The molecule has 1 atom stereocenters. The topological polar surface area (TPSA) is 54.4 Å². The molecule has 0 aliphatic rings. The fourth-order valence-corrected chi connectivity index (χ4v) is 5.68. The zero-order valence-electron chi connectivity index (χ0n) is 13.4. The van der Waals surface area contributed by atoms with Crippen molar-refractivity contribution in [3.05, 3.63) is 60.7 Å². The van der Waals surface area contributed by atoms with E-state index in [1.807, 2.05) is 60.7 Å². The zero-order valence-corrected chi connectivity index (χ0v) is 14.3. The van der Waals surface area contributed by atoms with Crippen LogP contribution in [0.3, 0.4) is 0 Å². The van der Waals surface area contributed by atoms with Gasteiger partial charge in [0.1, 0.15) is 5.78 Å². The average Bonchev–Trinajstić information content (AvgIpc) is 2.62. The Kier molecular flexibility index (Phi) is 6.32. The molecule has 0 aromatic heterocycles. The Hall–Kier alpha value is -1.70. The Labute approximate surface area is 137 Å². The lowest BCUT2D eigenvalue weighted by molar-refractivity contribution is -0.118. The third-order valence-electron chi connectivity index (χ3n) is 4.12. The molecule has 1 unspecified atom stereocenters. The lowest BCUT2D eigenvalue weighted by Crippen LogP contribution is -2.29. The highest BCUT2D eigenvalue weighted by Gasteiger charge is 2.37. The molecule has 0 radical (unpaired) electrons. The van der Waals surface area contributed by atoms with Gasteiger partial charge in [-0.2, -0.15) is 0 Å². The predicted octanol–water partition coefficient (Wildman–Crippen LogP) is 3.12. The molecule has 0 spiro atoms. The third-order valence-corrected chi connectivity index (χ3v) is 7.63. The number of hydrogen-bond donors (Lipinski definition) is 1. The summed E-state index contributed by atoms with van der Waals surface area (Å²) in [5.74, 6) is -0.00510. The average molecular weight is 330 g/mol. The summed E-state index contributed by atoms with van der Waals surface area (Å²) in [6.07, 6.45) is 1.58. The maximum atomic E-state index is 13.9. The molecular weight excluding hydrogens is 307 g/mol. The first-order valence-electron chi connectivity index (χ1n) is 7.95. The van der Waals surface area contributed by atoms with Crippen LogP contribution < -0.4 is 10.6 Å². The Morgan fingerprint density at radius 1 is 0.957 bits per heavy atom. The van der Waals surface area contributed by atoms with Gasteiger partial charge in [-0.05, 0) is 19.8 Å². The predicted molar refractivity (Wildman–Crippen MR) is 95.2 cm³/mol. The lowest BCUT2D eigenvalue weighted by atomic mass is 10.1. The van der Waals surface area contributed by atoms with Gasteiger partial charge in [-0.25, -0.2) is 0 Å². The van der Waals surface area contributed by atoms with Gasteiger partial charge in [-0.3, -0.25) is 4.79 Å². The second-order valence-electron chi connectivity index (χ2n) is 5.65. The largest absolute Gasteiger partial charge is 0.396 e. The van der Waals surface area contributed by atoms with Crippen LogP contribution in [0.5, 0.6) is 0 Å². The zero-order chi connectivity index (χ0) is 16.7. The summed E-state index contributed by atoms with van der Waals surface area (Å²) in [6, 6.07) is 18.5. The van der Waals surface area contributed by atoms with Crippen LogP contribution in [0, 0.1) is 0 Å². The Bertz CT molecular complexity index is 624. The van der Waals surface area contributed by atoms with E-state index in [2.05, 4.69) is 0 Å². The number of unbranched alkanes of at least 4 members (excludes halogenated alkanes) is 1. The van der Waals surface area contributed by atoms with Crippen molar-refractivity contribution in [2.45, 2.75) is 31.8 Å². The van der Waals surface area contributed by atoms with E-state index in [1.165, 1.54) is 0 Å². The summed E-state index contributed by atoms with van der Waals surface area (Å²) in [7, 11) is -3.03. The number of benzene rings is 2. The van der Waals surface area contributed by atoms with Crippen molar-refractivity contribution in [3.8, 4) is 0 Å². The molecule has 122 valence electrons. The highest BCUT2D eigenvalue weighted by Crippen LogP contribution is 2.49. The Balaban J connectivity index is 2.39. The van der Waals surface area contributed by atoms with Gasteiger partial charge in [0.05, 0.1) is 5.66 Å². The molecule has 2 rings (SSSR count). The summed E-state index contributed by atoms with van der Waals surface area (Å²) in [4.78, 5) is 12.6. The smallest absolute Gasteiger partial charge is 0.153 e. The normalized spacial score (nSPS) is 12.8. The molecule has 0 amide bonds. The summed E-state index contributed by atoms with van der Waals surface area (Å²) >= 11 is 0. The molecule has 0 aliphatic heterocycles. The molecule has 3 nitrogen and oxygen atoms in total. The monoisotopic (exact) mass is 330 g/mol. The molecule has 2 aromatic carbocycles. The number of aliphatic hydroxyl groups is 1. The SMILES string of the molecule is CC(C(=O)CCCCO)P(=O)(c1ccccc1)c1ccccc1. The van der Waals surface area contributed by atoms with Crippen molar-refractivity contribution >= 4 is 23.5 Å². The van der Waals surface area contributed by atoms with E-state index >= 15 is 0 Å². The van der Waals surface area contributed by atoms with Crippen molar-refractivity contribution in [1.82, 2.24) is 0 Å². The second kappa shape index (κ2) is 8.24. The van der Waals surface area contributed by atoms with Crippen molar-refractivity contribution in [2.24, 2.45) is 0 Å². The lowest BCUT2D eigenvalue weighted by Gasteiger charge is -2.25.